The number of thiophene rings is 1. The highest BCUT2D eigenvalue weighted by Crippen LogP contribution is 2.31. The van der Waals surface area contributed by atoms with Gasteiger partial charge in [-0.05, 0) is 67.7 Å². The molecule has 0 saturated carbocycles. The van der Waals surface area contributed by atoms with Crippen LogP contribution in [-0.2, 0) is 6.54 Å². The summed E-state index contributed by atoms with van der Waals surface area (Å²) < 4.78 is 1.28. The van der Waals surface area contributed by atoms with E-state index in [4.69, 9.17) is 0 Å². The monoisotopic (exact) mass is 328 g/mol. The molecule has 0 spiro atoms. The maximum Gasteiger partial charge on any atom is 0.0332 e. The predicted molar refractivity (Wildman–Crippen MR) is 81.2 cm³/mol. The van der Waals surface area contributed by atoms with E-state index < -0.39 is 0 Å². The van der Waals surface area contributed by atoms with Crippen LogP contribution >= 0.6 is 27.3 Å². The summed E-state index contributed by atoms with van der Waals surface area (Å²) in [7, 11) is 0. The fourth-order valence-corrected chi connectivity index (χ4v) is 4.97. The minimum atomic E-state index is 0.747. The lowest BCUT2D eigenvalue weighted by Crippen LogP contribution is -2.43. The molecule has 1 aromatic rings. The van der Waals surface area contributed by atoms with E-state index in [-0.39, 0.29) is 0 Å². The number of rotatable bonds is 3. The van der Waals surface area contributed by atoms with Gasteiger partial charge in [0.05, 0.1) is 0 Å². The van der Waals surface area contributed by atoms with E-state index >= 15 is 0 Å². The van der Waals surface area contributed by atoms with Crippen LogP contribution in [0.2, 0.25) is 0 Å². The quantitative estimate of drug-likeness (QED) is 0.913. The predicted octanol–water partition coefficient (Wildman–Crippen LogP) is 3.54. The van der Waals surface area contributed by atoms with Gasteiger partial charge in [0.2, 0.25) is 0 Å². The Kier molecular flexibility index (Phi) is 4.09. The average molecular weight is 329 g/mol. The molecule has 2 nitrogen and oxygen atoms in total. The third-order valence-corrected chi connectivity index (χ3v) is 6.37. The fraction of sp³-hybridized carbons (Fsp3) is 0.714. The van der Waals surface area contributed by atoms with Crippen LogP contribution in [0.4, 0.5) is 0 Å². The lowest BCUT2D eigenvalue weighted by molar-refractivity contribution is 0.208. The molecule has 0 amide bonds. The summed E-state index contributed by atoms with van der Waals surface area (Å²) in [6.07, 6.45) is 5.48. The van der Waals surface area contributed by atoms with Gasteiger partial charge >= 0.3 is 0 Å². The van der Waals surface area contributed by atoms with Gasteiger partial charge in [-0.3, -0.25) is 4.90 Å². The average Bonchev–Trinajstić information content (AvgIpc) is 3.01. The minimum absolute atomic E-state index is 0.747. The molecule has 2 fully saturated rings. The standard InChI is InChI=1S/C14H21BrN2S/c1-10-12(15)8-11(18-10)9-17-7-3-5-14(17)13-4-2-6-16-13/h8,13-14,16H,2-7,9H2,1H3. The minimum Gasteiger partial charge on any atom is -0.312 e. The van der Waals surface area contributed by atoms with E-state index in [1.807, 2.05) is 11.3 Å². The van der Waals surface area contributed by atoms with Crippen LogP contribution in [0, 0.1) is 6.92 Å². The first kappa shape index (κ1) is 13.1. The van der Waals surface area contributed by atoms with Gasteiger partial charge in [-0.2, -0.15) is 0 Å². The number of nitrogens with one attached hydrogen (secondary N) is 1. The molecule has 18 heavy (non-hydrogen) atoms. The summed E-state index contributed by atoms with van der Waals surface area (Å²) in [5.74, 6) is 0. The van der Waals surface area contributed by atoms with Gasteiger partial charge in [0.1, 0.15) is 0 Å². The Hall–Kier alpha value is 0.100. The number of nitrogens with zero attached hydrogens (tertiary/aromatic N) is 1. The molecular formula is C14H21BrN2S. The van der Waals surface area contributed by atoms with E-state index in [2.05, 4.69) is 39.1 Å². The first-order valence-electron chi connectivity index (χ1n) is 6.96. The molecule has 3 rings (SSSR count). The molecule has 0 aliphatic carbocycles. The molecule has 2 atom stereocenters. The topological polar surface area (TPSA) is 15.3 Å². The number of aryl methyl sites for hydroxylation is 1. The second-order valence-electron chi connectivity index (χ2n) is 5.50. The zero-order valence-corrected chi connectivity index (χ0v) is 13.3. The van der Waals surface area contributed by atoms with Crippen LogP contribution < -0.4 is 5.32 Å². The number of hydrogen-bond donors (Lipinski definition) is 1. The largest absolute Gasteiger partial charge is 0.312 e. The molecule has 1 aromatic heterocycles. The molecule has 2 aliphatic heterocycles. The summed E-state index contributed by atoms with van der Waals surface area (Å²) in [4.78, 5) is 5.60. The lowest BCUT2D eigenvalue weighted by Gasteiger charge is -2.29. The van der Waals surface area contributed by atoms with Crippen LogP contribution in [0.3, 0.4) is 0 Å². The van der Waals surface area contributed by atoms with Gasteiger partial charge in [0.15, 0.2) is 0 Å². The second-order valence-corrected chi connectivity index (χ2v) is 7.69. The second kappa shape index (κ2) is 5.61. The zero-order chi connectivity index (χ0) is 12.5. The lowest BCUT2D eigenvalue weighted by atomic mass is 10.0. The van der Waals surface area contributed by atoms with E-state index in [1.165, 1.54) is 53.0 Å². The van der Waals surface area contributed by atoms with E-state index in [0.717, 1.165) is 18.6 Å². The molecule has 1 N–H and O–H groups in total. The molecule has 2 unspecified atom stereocenters. The van der Waals surface area contributed by atoms with Crippen molar-refractivity contribution in [3.63, 3.8) is 0 Å². The van der Waals surface area contributed by atoms with Crippen LogP contribution in [0.5, 0.6) is 0 Å². The van der Waals surface area contributed by atoms with Crippen molar-refractivity contribution in [2.24, 2.45) is 0 Å². The normalized spacial score (nSPS) is 29.2. The van der Waals surface area contributed by atoms with E-state index in [1.54, 1.807) is 0 Å². The summed E-state index contributed by atoms with van der Waals surface area (Å²) in [6, 6.07) is 3.82. The first-order chi connectivity index (χ1) is 8.74. The summed E-state index contributed by atoms with van der Waals surface area (Å²) in [6.45, 7) is 5.83. The van der Waals surface area contributed by atoms with Crippen LogP contribution in [0.15, 0.2) is 10.5 Å². The summed E-state index contributed by atoms with van der Waals surface area (Å²) in [5.41, 5.74) is 0. The van der Waals surface area contributed by atoms with Crippen molar-refractivity contribution in [2.75, 3.05) is 13.1 Å². The maximum absolute atomic E-state index is 3.68. The molecule has 2 saturated heterocycles. The Morgan fingerprint density at radius 1 is 1.44 bits per heavy atom. The van der Waals surface area contributed by atoms with Crippen molar-refractivity contribution in [3.05, 3.63) is 20.3 Å². The smallest absolute Gasteiger partial charge is 0.0332 e. The highest BCUT2D eigenvalue weighted by molar-refractivity contribution is 9.10. The third kappa shape index (κ3) is 2.67. The fourth-order valence-electron chi connectivity index (χ4n) is 3.34. The molecule has 0 radical (unpaired) electrons. The van der Waals surface area contributed by atoms with Gasteiger partial charge in [0.25, 0.3) is 0 Å². The Bertz CT molecular complexity index is 392. The Morgan fingerprint density at radius 3 is 3.00 bits per heavy atom. The highest BCUT2D eigenvalue weighted by Gasteiger charge is 2.33. The van der Waals surface area contributed by atoms with Crippen molar-refractivity contribution < 1.29 is 0 Å². The number of likely N-dealkylation sites (tertiary alicyclic amines) is 1. The third-order valence-electron chi connectivity index (χ3n) is 4.24. The molecule has 100 valence electrons. The van der Waals surface area contributed by atoms with Crippen molar-refractivity contribution >= 4 is 27.3 Å². The van der Waals surface area contributed by atoms with Gasteiger partial charge in [-0.1, -0.05) is 0 Å². The van der Waals surface area contributed by atoms with Crippen LogP contribution in [0.1, 0.15) is 35.4 Å². The molecule has 0 bridgehead atoms. The van der Waals surface area contributed by atoms with Crippen molar-refractivity contribution in [1.29, 1.82) is 0 Å². The molecular weight excluding hydrogens is 308 g/mol. The molecule has 3 heterocycles. The van der Waals surface area contributed by atoms with Gasteiger partial charge in [-0.25, -0.2) is 0 Å². The van der Waals surface area contributed by atoms with Gasteiger partial charge < -0.3 is 5.32 Å². The first-order valence-corrected chi connectivity index (χ1v) is 8.57. The zero-order valence-electron chi connectivity index (χ0n) is 10.9. The van der Waals surface area contributed by atoms with E-state index in [9.17, 15) is 0 Å². The Labute approximate surface area is 122 Å². The summed E-state index contributed by atoms with van der Waals surface area (Å²) >= 11 is 5.56. The van der Waals surface area contributed by atoms with Crippen molar-refractivity contribution in [1.82, 2.24) is 10.2 Å². The number of hydrogen-bond acceptors (Lipinski definition) is 3. The molecule has 4 heteroatoms. The van der Waals surface area contributed by atoms with Gasteiger partial charge in [-0.15, -0.1) is 11.3 Å². The van der Waals surface area contributed by atoms with Gasteiger partial charge in [0, 0.05) is 32.9 Å². The van der Waals surface area contributed by atoms with Crippen molar-refractivity contribution in [2.45, 2.75) is 51.2 Å². The SMILES string of the molecule is Cc1sc(CN2CCCC2C2CCCN2)cc1Br. The van der Waals surface area contributed by atoms with E-state index in [0.29, 0.717) is 0 Å². The Balaban J connectivity index is 1.67. The van der Waals surface area contributed by atoms with Crippen LogP contribution in [-0.4, -0.2) is 30.1 Å². The van der Waals surface area contributed by atoms with Crippen LogP contribution in [0.25, 0.3) is 0 Å². The number of halogens is 1. The highest BCUT2D eigenvalue weighted by atomic mass is 79.9. The maximum atomic E-state index is 3.68. The summed E-state index contributed by atoms with van der Waals surface area (Å²) in [5, 5.41) is 3.68. The molecule has 0 aromatic carbocycles. The van der Waals surface area contributed by atoms with Crippen molar-refractivity contribution in [3.8, 4) is 0 Å². The Morgan fingerprint density at radius 2 is 2.33 bits per heavy atom. The molecule has 2 aliphatic rings.